The molecule has 0 saturated heterocycles. The first-order valence-corrected chi connectivity index (χ1v) is 7.10. The number of rotatable bonds is 4. The summed E-state index contributed by atoms with van der Waals surface area (Å²) in [5.41, 5.74) is 1.08. The molecule has 0 radical (unpaired) electrons. The highest BCUT2D eigenvalue weighted by atomic mass is 32.2. The van der Waals surface area contributed by atoms with Crippen LogP contribution in [0.5, 0.6) is 11.5 Å². The molecule has 4 nitrogen and oxygen atoms in total. The molecule has 104 valence electrons. The third-order valence-electron chi connectivity index (χ3n) is 2.83. The third-order valence-corrected chi connectivity index (χ3v) is 3.68. The van der Waals surface area contributed by atoms with Gasteiger partial charge in [0.25, 0.3) is 0 Å². The summed E-state index contributed by atoms with van der Waals surface area (Å²) in [5, 5.41) is 18.3. The van der Waals surface area contributed by atoms with Crippen LogP contribution >= 0.6 is 0 Å². The molecule has 0 aliphatic heterocycles. The lowest BCUT2D eigenvalue weighted by molar-refractivity contribution is 0.399. The van der Waals surface area contributed by atoms with Gasteiger partial charge in [0, 0.05) is 5.56 Å². The van der Waals surface area contributed by atoms with Crippen molar-refractivity contribution in [2.24, 2.45) is 0 Å². The molecule has 0 saturated carbocycles. The van der Waals surface area contributed by atoms with E-state index in [1.165, 1.54) is 24.3 Å². The summed E-state index contributed by atoms with van der Waals surface area (Å²) in [6.45, 7) is 0. The van der Waals surface area contributed by atoms with Crippen LogP contribution in [0.15, 0.2) is 54.6 Å². The molecular weight excluding hydrogens is 276 g/mol. The number of phenols is 2. The van der Waals surface area contributed by atoms with Gasteiger partial charge in [0.05, 0.1) is 0 Å². The van der Waals surface area contributed by atoms with Gasteiger partial charge in [-0.15, -0.1) is 0 Å². The van der Waals surface area contributed by atoms with Crippen LogP contribution in [0, 0.1) is 0 Å². The number of para-hydroxylation sites is 1. The van der Waals surface area contributed by atoms with E-state index in [4.69, 9.17) is 0 Å². The molecule has 2 rings (SSSR count). The number of aromatic hydroxyl groups is 2. The van der Waals surface area contributed by atoms with Crippen molar-refractivity contribution < 1.29 is 19.0 Å². The number of hydrogen-bond acceptors (Lipinski definition) is 3. The van der Waals surface area contributed by atoms with Crippen LogP contribution < -0.4 is 0 Å². The summed E-state index contributed by atoms with van der Waals surface area (Å²) >= 11 is -2.20. The van der Waals surface area contributed by atoms with Crippen molar-refractivity contribution in [3.05, 3.63) is 65.7 Å². The molecule has 3 N–H and O–H groups in total. The lowest BCUT2D eigenvalue weighted by Gasteiger charge is -2.11. The zero-order valence-electron chi connectivity index (χ0n) is 10.5. The fourth-order valence-electron chi connectivity index (χ4n) is 1.82. The van der Waals surface area contributed by atoms with Crippen LogP contribution in [0.2, 0.25) is 0 Å². The van der Waals surface area contributed by atoms with E-state index in [1.54, 1.807) is 6.08 Å². The van der Waals surface area contributed by atoms with Gasteiger partial charge < -0.3 is 14.8 Å². The van der Waals surface area contributed by atoms with E-state index in [-0.39, 0.29) is 17.1 Å². The molecule has 0 heterocycles. The van der Waals surface area contributed by atoms with Crippen LogP contribution in [-0.2, 0) is 11.1 Å². The molecule has 0 amide bonds. The largest absolute Gasteiger partial charge is 0.504 e. The molecule has 2 unspecified atom stereocenters. The van der Waals surface area contributed by atoms with E-state index in [9.17, 15) is 19.0 Å². The third kappa shape index (κ3) is 3.26. The van der Waals surface area contributed by atoms with E-state index >= 15 is 0 Å². The maximum absolute atomic E-state index is 11.5. The van der Waals surface area contributed by atoms with Crippen LogP contribution in [0.3, 0.4) is 0 Å². The zero-order valence-corrected chi connectivity index (χ0v) is 11.3. The molecule has 0 aromatic heterocycles. The SMILES string of the molecule is O=S(O)C(C=Cc1ccccc1)c1cccc(O)c1O. The van der Waals surface area contributed by atoms with Crippen molar-refractivity contribution >= 4 is 17.2 Å². The number of phenolic OH excluding ortho intramolecular Hbond substituents is 2. The Labute approximate surface area is 119 Å². The van der Waals surface area contributed by atoms with Crippen LogP contribution in [0.1, 0.15) is 16.4 Å². The van der Waals surface area contributed by atoms with Crippen LogP contribution in [0.25, 0.3) is 6.08 Å². The molecule has 0 bridgehead atoms. The lowest BCUT2D eigenvalue weighted by Crippen LogP contribution is -2.03. The summed E-state index contributed by atoms with van der Waals surface area (Å²) in [4.78, 5) is 0. The fourth-order valence-corrected chi connectivity index (χ4v) is 2.44. The molecule has 5 heteroatoms. The smallest absolute Gasteiger partial charge is 0.164 e. The topological polar surface area (TPSA) is 77.8 Å². The van der Waals surface area contributed by atoms with Gasteiger partial charge in [-0.3, -0.25) is 0 Å². The maximum atomic E-state index is 11.5. The maximum Gasteiger partial charge on any atom is 0.164 e. The van der Waals surface area contributed by atoms with Gasteiger partial charge in [0.15, 0.2) is 22.6 Å². The van der Waals surface area contributed by atoms with Gasteiger partial charge in [0.1, 0.15) is 5.25 Å². The second-order valence-corrected chi connectivity index (χ2v) is 5.24. The summed E-state index contributed by atoms with van der Waals surface area (Å²) in [7, 11) is 0. The number of benzene rings is 2. The molecule has 2 aromatic rings. The summed E-state index contributed by atoms with van der Waals surface area (Å²) in [6, 6.07) is 13.6. The summed E-state index contributed by atoms with van der Waals surface area (Å²) in [5.74, 6) is -0.691. The van der Waals surface area contributed by atoms with E-state index in [0.29, 0.717) is 0 Å². The molecular formula is C15H14O4S. The van der Waals surface area contributed by atoms with Gasteiger partial charge in [0.2, 0.25) is 0 Å². The molecule has 0 aliphatic carbocycles. The first kappa shape index (κ1) is 14.3. The molecule has 0 aliphatic rings. The van der Waals surface area contributed by atoms with Crippen molar-refractivity contribution in [2.75, 3.05) is 0 Å². The van der Waals surface area contributed by atoms with Gasteiger partial charge in [-0.25, -0.2) is 4.21 Å². The highest BCUT2D eigenvalue weighted by Gasteiger charge is 2.19. The molecule has 0 spiro atoms. The van der Waals surface area contributed by atoms with E-state index in [1.807, 2.05) is 30.3 Å². The molecule has 0 fully saturated rings. The Kier molecular flexibility index (Phi) is 4.55. The van der Waals surface area contributed by atoms with Gasteiger partial charge >= 0.3 is 0 Å². The monoisotopic (exact) mass is 290 g/mol. The van der Waals surface area contributed by atoms with Gasteiger partial charge in [-0.2, -0.15) is 0 Å². The predicted octanol–water partition coefficient (Wildman–Crippen LogP) is 3.07. The van der Waals surface area contributed by atoms with Crippen LogP contribution in [-0.4, -0.2) is 19.0 Å². The summed E-state index contributed by atoms with van der Waals surface area (Å²) in [6.07, 6.45) is 3.22. The quantitative estimate of drug-likeness (QED) is 0.597. The molecule has 2 atom stereocenters. The number of hydrogen-bond donors (Lipinski definition) is 3. The van der Waals surface area contributed by atoms with Crippen molar-refractivity contribution in [3.8, 4) is 11.5 Å². The minimum atomic E-state index is -2.20. The normalized spacial score (nSPS) is 14.2. The van der Waals surface area contributed by atoms with Gasteiger partial charge in [-0.05, 0) is 11.6 Å². The standard InChI is InChI=1S/C15H14O4S/c16-13-8-4-7-12(15(13)17)14(20(18)19)10-9-11-5-2-1-3-6-11/h1-10,14,16-17H,(H,18,19). The zero-order chi connectivity index (χ0) is 14.5. The predicted molar refractivity (Wildman–Crippen MR) is 78.8 cm³/mol. The Hall–Kier alpha value is -2.11. The van der Waals surface area contributed by atoms with Crippen LogP contribution in [0.4, 0.5) is 0 Å². The van der Waals surface area contributed by atoms with Crippen molar-refractivity contribution in [1.82, 2.24) is 0 Å². The fraction of sp³-hybridized carbons (Fsp3) is 0.0667. The Balaban J connectivity index is 2.35. The van der Waals surface area contributed by atoms with E-state index in [2.05, 4.69) is 0 Å². The highest BCUT2D eigenvalue weighted by molar-refractivity contribution is 7.79. The Bertz CT molecular complexity index is 638. The molecule has 2 aromatic carbocycles. The lowest BCUT2D eigenvalue weighted by atomic mass is 10.1. The average molecular weight is 290 g/mol. The first-order chi connectivity index (χ1) is 9.59. The minimum absolute atomic E-state index is 0.206. The Morgan fingerprint density at radius 2 is 1.70 bits per heavy atom. The minimum Gasteiger partial charge on any atom is -0.504 e. The van der Waals surface area contributed by atoms with E-state index in [0.717, 1.165) is 5.56 Å². The van der Waals surface area contributed by atoms with E-state index < -0.39 is 16.3 Å². The van der Waals surface area contributed by atoms with Crippen molar-refractivity contribution in [1.29, 1.82) is 0 Å². The Morgan fingerprint density at radius 1 is 1.00 bits per heavy atom. The van der Waals surface area contributed by atoms with Crippen molar-refractivity contribution in [3.63, 3.8) is 0 Å². The van der Waals surface area contributed by atoms with Gasteiger partial charge in [-0.1, -0.05) is 54.6 Å². The second kappa shape index (κ2) is 6.36. The Morgan fingerprint density at radius 3 is 2.35 bits per heavy atom. The molecule has 20 heavy (non-hydrogen) atoms. The first-order valence-electron chi connectivity index (χ1n) is 5.93. The highest BCUT2D eigenvalue weighted by Crippen LogP contribution is 2.35. The second-order valence-electron chi connectivity index (χ2n) is 4.18. The summed E-state index contributed by atoms with van der Waals surface area (Å²) < 4.78 is 20.8. The average Bonchev–Trinajstić information content (AvgIpc) is 2.44. The van der Waals surface area contributed by atoms with Crippen molar-refractivity contribution in [2.45, 2.75) is 5.25 Å².